The van der Waals surface area contributed by atoms with Gasteiger partial charge in [0.1, 0.15) is 6.54 Å². The van der Waals surface area contributed by atoms with Crippen LogP contribution < -0.4 is 4.57 Å². The molecule has 0 unspecified atom stereocenters. The number of benzene rings is 1. The Kier molecular flexibility index (Phi) is 3.77. The van der Waals surface area contributed by atoms with E-state index in [0.717, 1.165) is 25.8 Å². The summed E-state index contributed by atoms with van der Waals surface area (Å²) in [6.45, 7) is 3.20. The molecule has 0 fully saturated rings. The van der Waals surface area contributed by atoms with Crippen LogP contribution in [0.5, 0.6) is 0 Å². The molecule has 1 heteroatoms. The lowest BCUT2D eigenvalue weighted by Gasteiger charge is -2.03. The van der Waals surface area contributed by atoms with Gasteiger partial charge in [0.25, 0.3) is 0 Å². The molecule has 17 heavy (non-hydrogen) atoms. The van der Waals surface area contributed by atoms with Crippen molar-refractivity contribution in [1.29, 1.82) is 0 Å². The number of pyridine rings is 1. The summed E-state index contributed by atoms with van der Waals surface area (Å²) in [5.41, 5.74) is 2.65. The second-order valence-electron chi connectivity index (χ2n) is 4.37. The number of fused-ring (bicyclic) bond motifs is 1. The monoisotopic (exact) mass is 224 g/mol. The van der Waals surface area contributed by atoms with E-state index in [4.69, 9.17) is 6.42 Å². The quantitative estimate of drug-likeness (QED) is 0.426. The Hall–Kier alpha value is -1.81. The number of nitrogens with zero attached hydrogens (tertiary/aromatic N) is 1. The molecule has 2 rings (SSSR count). The van der Waals surface area contributed by atoms with Crippen molar-refractivity contribution in [2.75, 3.05) is 0 Å². The summed E-state index contributed by atoms with van der Waals surface area (Å²) >= 11 is 0. The highest BCUT2D eigenvalue weighted by atomic mass is 14.9. The van der Waals surface area contributed by atoms with Crippen molar-refractivity contribution in [1.82, 2.24) is 0 Å². The third-order valence-electron chi connectivity index (χ3n) is 3.11. The van der Waals surface area contributed by atoms with Gasteiger partial charge in [0.15, 0.2) is 6.20 Å². The smallest absolute Gasteiger partial charge is 0.198 e. The van der Waals surface area contributed by atoms with Crippen LogP contribution in [0.1, 0.15) is 24.8 Å². The van der Waals surface area contributed by atoms with Crippen molar-refractivity contribution >= 4 is 10.9 Å². The van der Waals surface area contributed by atoms with Crippen molar-refractivity contribution in [2.24, 2.45) is 0 Å². The number of aromatic nitrogens is 1. The fraction of sp³-hybridized carbons (Fsp3) is 0.312. The maximum absolute atomic E-state index is 5.26. The van der Waals surface area contributed by atoms with Crippen LogP contribution >= 0.6 is 0 Å². The fourth-order valence-corrected chi connectivity index (χ4v) is 2.13. The average Bonchev–Trinajstić information content (AvgIpc) is 2.37. The molecule has 0 N–H and O–H groups in total. The summed E-state index contributed by atoms with van der Waals surface area (Å²) in [4.78, 5) is 0. The van der Waals surface area contributed by atoms with Crippen LogP contribution in [-0.4, -0.2) is 0 Å². The molecule has 0 atom stereocenters. The zero-order valence-electron chi connectivity index (χ0n) is 10.3. The van der Waals surface area contributed by atoms with Crippen LogP contribution in [0.25, 0.3) is 10.9 Å². The zero-order chi connectivity index (χ0) is 12.1. The van der Waals surface area contributed by atoms with Gasteiger partial charge < -0.3 is 0 Å². The molecule has 0 saturated carbocycles. The Balaban J connectivity index is 2.23. The lowest BCUT2D eigenvalue weighted by atomic mass is 10.1. The summed E-state index contributed by atoms with van der Waals surface area (Å²) in [5.74, 6) is 2.69. The summed E-state index contributed by atoms with van der Waals surface area (Å²) in [6.07, 6.45) is 10.6. The van der Waals surface area contributed by atoms with Crippen LogP contribution in [0, 0.1) is 19.3 Å². The van der Waals surface area contributed by atoms with Gasteiger partial charge in [-0.05, 0) is 25.0 Å². The molecule has 0 amide bonds. The predicted octanol–water partition coefficient (Wildman–Crippen LogP) is 3.24. The second-order valence-corrected chi connectivity index (χ2v) is 4.37. The second kappa shape index (κ2) is 5.50. The van der Waals surface area contributed by atoms with Crippen LogP contribution in [0.4, 0.5) is 0 Å². The molecular weight excluding hydrogens is 206 g/mol. The standard InChI is InChI=1S/C16H18N/c1-3-4-5-8-12-17-13-11-14(2)15-9-6-7-10-16(15)17/h1,6-7,9-11,13H,4-5,8,12H2,2H3/q+1. The topological polar surface area (TPSA) is 3.88 Å². The van der Waals surface area contributed by atoms with Gasteiger partial charge in [0.05, 0.1) is 0 Å². The normalized spacial score (nSPS) is 10.4. The number of hydrogen-bond donors (Lipinski definition) is 0. The fourth-order valence-electron chi connectivity index (χ4n) is 2.13. The molecule has 1 heterocycles. The Morgan fingerprint density at radius 1 is 1.18 bits per heavy atom. The third kappa shape index (κ3) is 2.65. The van der Waals surface area contributed by atoms with Crippen LogP contribution in [-0.2, 0) is 6.54 Å². The molecule has 0 bridgehead atoms. The Bertz CT molecular complexity index is 549. The van der Waals surface area contributed by atoms with E-state index in [1.807, 2.05) is 0 Å². The van der Waals surface area contributed by atoms with Gasteiger partial charge in [-0.3, -0.25) is 0 Å². The van der Waals surface area contributed by atoms with E-state index in [-0.39, 0.29) is 0 Å². The maximum Gasteiger partial charge on any atom is 0.212 e. The first-order chi connectivity index (χ1) is 8.33. The van der Waals surface area contributed by atoms with Gasteiger partial charge >= 0.3 is 0 Å². The number of rotatable bonds is 4. The number of unbranched alkanes of at least 4 members (excludes halogenated alkanes) is 2. The van der Waals surface area contributed by atoms with E-state index in [2.05, 4.69) is 53.9 Å². The number of hydrogen-bond acceptors (Lipinski definition) is 0. The SMILES string of the molecule is C#CCCCC[n+]1ccc(C)c2ccccc21. The van der Waals surface area contributed by atoms with Crippen LogP contribution in [0.2, 0.25) is 0 Å². The van der Waals surface area contributed by atoms with Gasteiger partial charge in [-0.1, -0.05) is 12.1 Å². The van der Waals surface area contributed by atoms with E-state index in [9.17, 15) is 0 Å². The van der Waals surface area contributed by atoms with Crippen molar-refractivity contribution in [3.8, 4) is 12.3 Å². The molecule has 1 nitrogen and oxygen atoms in total. The molecule has 0 aliphatic heterocycles. The van der Waals surface area contributed by atoms with Crippen molar-refractivity contribution < 1.29 is 4.57 Å². The van der Waals surface area contributed by atoms with E-state index < -0.39 is 0 Å². The molecular formula is C16H18N+. The van der Waals surface area contributed by atoms with Crippen molar-refractivity contribution in [3.05, 3.63) is 42.1 Å². The summed E-state index contributed by atoms with van der Waals surface area (Å²) in [7, 11) is 0. The lowest BCUT2D eigenvalue weighted by molar-refractivity contribution is -0.671. The number of terminal acetylenes is 1. The summed E-state index contributed by atoms with van der Waals surface area (Å²) in [6, 6.07) is 10.7. The number of para-hydroxylation sites is 1. The molecule has 0 radical (unpaired) electrons. The van der Waals surface area contributed by atoms with Gasteiger partial charge in [-0.15, -0.1) is 12.3 Å². The average molecular weight is 224 g/mol. The highest BCUT2D eigenvalue weighted by molar-refractivity contribution is 5.78. The van der Waals surface area contributed by atoms with Gasteiger partial charge in [0.2, 0.25) is 5.52 Å². The Morgan fingerprint density at radius 2 is 2.00 bits per heavy atom. The summed E-state index contributed by atoms with van der Waals surface area (Å²) < 4.78 is 2.32. The molecule has 1 aromatic carbocycles. The van der Waals surface area contributed by atoms with Gasteiger partial charge in [-0.25, -0.2) is 0 Å². The third-order valence-corrected chi connectivity index (χ3v) is 3.11. The van der Waals surface area contributed by atoms with E-state index in [1.165, 1.54) is 16.5 Å². The first-order valence-electron chi connectivity index (χ1n) is 6.14. The Labute approximate surface area is 103 Å². The molecule has 2 aromatic rings. The molecule has 0 saturated heterocycles. The van der Waals surface area contributed by atoms with Crippen LogP contribution in [0.3, 0.4) is 0 Å². The summed E-state index contributed by atoms with van der Waals surface area (Å²) in [5, 5.41) is 1.34. The zero-order valence-corrected chi connectivity index (χ0v) is 10.3. The molecule has 1 aromatic heterocycles. The van der Waals surface area contributed by atoms with Gasteiger partial charge in [0, 0.05) is 30.4 Å². The highest BCUT2D eigenvalue weighted by Crippen LogP contribution is 2.13. The highest BCUT2D eigenvalue weighted by Gasteiger charge is 2.08. The number of aryl methyl sites for hydroxylation is 2. The molecule has 0 spiro atoms. The minimum absolute atomic E-state index is 0.879. The van der Waals surface area contributed by atoms with Crippen molar-refractivity contribution in [3.63, 3.8) is 0 Å². The first-order valence-corrected chi connectivity index (χ1v) is 6.14. The van der Waals surface area contributed by atoms with E-state index in [0.29, 0.717) is 0 Å². The lowest BCUT2D eigenvalue weighted by Crippen LogP contribution is -2.34. The van der Waals surface area contributed by atoms with E-state index >= 15 is 0 Å². The Morgan fingerprint density at radius 3 is 2.82 bits per heavy atom. The molecule has 0 aliphatic rings. The molecule has 86 valence electrons. The predicted molar refractivity (Wildman–Crippen MR) is 71.6 cm³/mol. The minimum Gasteiger partial charge on any atom is -0.198 e. The van der Waals surface area contributed by atoms with Crippen molar-refractivity contribution in [2.45, 2.75) is 32.7 Å². The van der Waals surface area contributed by atoms with Gasteiger partial charge in [-0.2, -0.15) is 4.57 Å². The maximum atomic E-state index is 5.26. The molecule has 0 aliphatic carbocycles. The minimum atomic E-state index is 0.879. The van der Waals surface area contributed by atoms with E-state index in [1.54, 1.807) is 0 Å². The largest absolute Gasteiger partial charge is 0.212 e. The van der Waals surface area contributed by atoms with Crippen LogP contribution in [0.15, 0.2) is 36.5 Å². The first kappa shape index (κ1) is 11.7.